The molecule has 2 aromatic carbocycles. The molecule has 0 atom stereocenters. The van der Waals surface area contributed by atoms with Crippen LogP contribution >= 0.6 is 0 Å². The number of rotatable bonds is 3. The van der Waals surface area contributed by atoms with E-state index in [1.807, 2.05) is 0 Å². The maximum atomic E-state index is 4.16. The third-order valence-electron chi connectivity index (χ3n) is 3.79. The Labute approximate surface area is 122 Å². The maximum Gasteiger partial charge on any atom is 0.193 e. The molecule has 5 nitrogen and oxygen atoms in total. The Morgan fingerprint density at radius 3 is 2.81 bits per heavy atom. The van der Waals surface area contributed by atoms with Gasteiger partial charge in [0.05, 0.1) is 13.6 Å². The van der Waals surface area contributed by atoms with Gasteiger partial charge in [0, 0.05) is 5.69 Å². The zero-order chi connectivity index (χ0) is 14.2. The van der Waals surface area contributed by atoms with Crippen molar-refractivity contribution in [3.05, 3.63) is 59.4 Å². The average molecular weight is 277 g/mol. The summed E-state index contributed by atoms with van der Waals surface area (Å²) in [5, 5.41) is 15.3. The lowest BCUT2D eigenvalue weighted by Crippen LogP contribution is -2.02. The Morgan fingerprint density at radius 2 is 1.95 bits per heavy atom. The van der Waals surface area contributed by atoms with Crippen LogP contribution in [0.1, 0.15) is 17.0 Å². The molecule has 0 amide bonds. The summed E-state index contributed by atoms with van der Waals surface area (Å²) >= 11 is 0. The van der Waals surface area contributed by atoms with E-state index in [0.717, 1.165) is 12.1 Å². The molecule has 0 radical (unpaired) electrons. The highest BCUT2D eigenvalue weighted by molar-refractivity contribution is 5.78. The van der Waals surface area contributed by atoms with Gasteiger partial charge in [0.15, 0.2) is 5.82 Å². The van der Waals surface area contributed by atoms with Crippen molar-refractivity contribution >= 4 is 5.69 Å². The maximum absolute atomic E-state index is 4.16. The molecule has 1 aromatic heterocycles. The highest BCUT2D eigenvalue weighted by Gasteiger charge is 2.17. The van der Waals surface area contributed by atoms with Gasteiger partial charge in [0.25, 0.3) is 0 Å². The van der Waals surface area contributed by atoms with Gasteiger partial charge in [0.1, 0.15) is 0 Å². The summed E-state index contributed by atoms with van der Waals surface area (Å²) in [6.45, 7) is 0.583. The molecule has 1 N–H and O–H groups in total. The van der Waals surface area contributed by atoms with E-state index in [4.69, 9.17) is 0 Å². The molecule has 1 heterocycles. The van der Waals surface area contributed by atoms with Crippen molar-refractivity contribution in [1.29, 1.82) is 0 Å². The number of benzene rings is 2. The number of anilines is 1. The number of hydrogen-bond acceptors (Lipinski definition) is 4. The first-order chi connectivity index (χ1) is 10.3. The van der Waals surface area contributed by atoms with E-state index < -0.39 is 0 Å². The molecule has 1 aliphatic carbocycles. The molecular formula is C16H15N5. The summed E-state index contributed by atoms with van der Waals surface area (Å²) < 4.78 is 0. The molecule has 1 aliphatic rings. The number of nitrogens with zero attached hydrogens (tertiary/aromatic N) is 4. The standard InChI is InChI=1S/C16H15N5/c1-21-19-16(18-20-21)10-17-13-6-7-15-12(9-13)8-11-4-2-3-5-14(11)15/h2-7,9,17H,8,10H2,1H3. The summed E-state index contributed by atoms with van der Waals surface area (Å²) in [4.78, 5) is 1.47. The second-order valence-electron chi connectivity index (χ2n) is 5.25. The molecule has 104 valence electrons. The van der Waals surface area contributed by atoms with Gasteiger partial charge in [-0.3, -0.25) is 0 Å². The Hall–Kier alpha value is -2.69. The Bertz CT molecular complexity index is 806. The van der Waals surface area contributed by atoms with Gasteiger partial charge in [-0.1, -0.05) is 30.3 Å². The molecule has 21 heavy (non-hydrogen) atoms. The minimum Gasteiger partial charge on any atom is -0.378 e. The second kappa shape index (κ2) is 4.70. The summed E-state index contributed by atoms with van der Waals surface area (Å²) in [7, 11) is 1.77. The van der Waals surface area contributed by atoms with Gasteiger partial charge in [0.2, 0.25) is 0 Å². The number of aromatic nitrogens is 4. The fourth-order valence-electron chi connectivity index (χ4n) is 2.83. The van der Waals surface area contributed by atoms with Crippen LogP contribution in [0, 0.1) is 0 Å². The number of fused-ring (bicyclic) bond motifs is 3. The number of aryl methyl sites for hydroxylation is 1. The number of hydrogen-bond donors (Lipinski definition) is 1. The topological polar surface area (TPSA) is 55.6 Å². The molecule has 0 saturated heterocycles. The zero-order valence-corrected chi connectivity index (χ0v) is 11.7. The predicted octanol–water partition coefficient (Wildman–Crippen LogP) is 2.39. The summed E-state index contributed by atoms with van der Waals surface area (Å²) in [6.07, 6.45) is 1.00. The Morgan fingerprint density at radius 1 is 1.10 bits per heavy atom. The Kier molecular flexibility index (Phi) is 2.70. The molecule has 0 fully saturated rings. The largest absolute Gasteiger partial charge is 0.378 e. The van der Waals surface area contributed by atoms with Gasteiger partial charge in [-0.05, 0) is 46.0 Å². The third-order valence-corrected chi connectivity index (χ3v) is 3.79. The van der Waals surface area contributed by atoms with Crippen LogP contribution in [0.3, 0.4) is 0 Å². The van der Waals surface area contributed by atoms with Gasteiger partial charge in [-0.2, -0.15) is 4.80 Å². The molecule has 0 unspecified atom stereocenters. The van der Waals surface area contributed by atoms with Crippen molar-refractivity contribution in [2.75, 3.05) is 5.32 Å². The van der Waals surface area contributed by atoms with Crippen LogP contribution in [0.15, 0.2) is 42.5 Å². The van der Waals surface area contributed by atoms with Crippen molar-refractivity contribution in [3.8, 4) is 11.1 Å². The van der Waals surface area contributed by atoms with Crippen molar-refractivity contribution < 1.29 is 0 Å². The quantitative estimate of drug-likeness (QED) is 0.624. The van der Waals surface area contributed by atoms with Crippen LogP contribution in [0.25, 0.3) is 11.1 Å². The van der Waals surface area contributed by atoms with E-state index in [2.05, 4.69) is 63.2 Å². The van der Waals surface area contributed by atoms with E-state index in [1.54, 1.807) is 7.05 Å². The lowest BCUT2D eigenvalue weighted by atomic mass is 10.1. The third kappa shape index (κ3) is 2.16. The van der Waals surface area contributed by atoms with Gasteiger partial charge in [-0.15, -0.1) is 10.2 Å². The minimum absolute atomic E-state index is 0.583. The molecule has 0 spiro atoms. The molecule has 0 saturated carbocycles. The minimum atomic E-state index is 0.583. The van der Waals surface area contributed by atoms with Crippen molar-refractivity contribution in [2.24, 2.45) is 7.05 Å². The fourth-order valence-corrected chi connectivity index (χ4v) is 2.83. The first kappa shape index (κ1) is 12.1. The highest BCUT2D eigenvalue weighted by atomic mass is 15.6. The van der Waals surface area contributed by atoms with E-state index in [1.165, 1.54) is 27.1 Å². The van der Waals surface area contributed by atoms with Crippen LogP contribution in [0.2, 0.25) is 0 Å². The SMILES string of the molecule is Cn1nnc(CNc2ccc3c(c2)Cc2ccccc2-3)n1. The highest BCUT2D eigenvalue weighted by Crippen LogP contribution is 2.37. The van der Waals surface area contributed by atoms with Crippen molar-refractivity contribution in [2.45, 2.75) is 13.0 Å². The predicted molar refractivity (Wildman–Crippen MR) is 80.8 cm³/mol. The van der Waals surface area contributed by atoms with E-state index >= 15 is 0 Å². The molecule has 3 aromatic rings. The van der Waals surface area contributed by atoms with Crippen molar-refractivity contribution in [3.63, 3.8) is 0 Å². The van der Waals surface area contributed by atoms with Gasteiger partial charge >= 0.3 is 0 Å². The van der Waals surface area contributed by atoms with Crippen LogP contribution in [-0.2, 0) is 20.0 Å². The molecule has 4 rings (SSSR count). The number of nitrogens with one attached hydrogen (secondary N) is 1. The molecule has 5 heteroatoms. The Balaban J connectivity index is 1.56. The van der Waals surface area contributed by atoms with Gasteiger partial charge in [-0.25, -0.2) is 0 Å². The zero-order valence-electron chi connectivity index (χ0n) is 11.7. The van der Waals surface area contributed by atoms with Crippen LogP contribution < -0.4 is 5.32 Å². The van der Waals surface area contributed by atoms with Gasteiger partial charge < -0.3 is 5.32 Å². The fraction of sp³-hybridized carbons (Fsp3) is 0.188. The first-order valence-corrected chi connectivity index (χ1v) is 6.97. The molecule has 0 aliphatic heterocycles. The summed E-state index contributed by atoms with van der Waals surface area (Å²) in [5.41, 5.74) is 6.56. The first-order valence-electron chi connectivity index (χ1n) is 6.97. The van der Waals surface area contributed by atoms with Crippen LogP contribution in [-0.4, -0.2) is 20.2 Å². The van der Waals surface area contributed by atoms with Crippen LogP contribution in [0.5, 0.6) is 0 Å². The number of tetrazole rings is 1. The normalized spacial score (nSPS) is 12.0. The van der Waals surface area contributed by atoms with Crippen molar-refractivity contribution in [1.82, 2.24) is 20.2 Å². The van der Waals surface area contributed by atoms with E-state index in [0.29, 0.717) is 12.4 Å². The second-order valence-corrected chi connectivity index (χ2v) is 5.25. The summed E-state index contributed by atoms with van der Waals surface area (Å²) in [6, 6.07) is 15.1. The smallest absolute Gasteiger partial charge is 0.193 e. The average Bonchev–Trinajstić information content (AvgIpc) is 3.07. The van der Waals surface area contributed by atoms with E-state index in [9.17, 15) is 0 Å². The molecule has 0 bridgehead atoms. The molecular weight excluding hydrogens is 262 g/mol. The monoisotopic (exact) mass is 277 g/mol. The van der Waals surface area contributed by atoms with E-state index in [-0.39, 0.29) is 0 Å². The van der Waals surface area contributed by atoms with Crippen LogP contribution in [0.4, 0.5) is 5.69 Å². The lowest BCUT2D eigenvalue weighted by Gasteiger charge is -2.06. The summed E-state index contributed by atoms with van der Waals surface area (Å²) in [5.74, 6) is 0.696. The lowest BCUT2D eigenvalue weighted by molar-refractivity contribution is 0.628.